The summed E-state index contributed by atoms with van der Waals surface area (Å²) in [5, 5.41) is 20.2. The highest BCUT2D eigenvalue weighted by atomic mass is 32.2. The van der Waals surface area contributed by atoms with Crippen LogP contribution in [0, 0.1) is 16.0 Å². The number of rotatable bonds is 4. The maximum Gasteiger partial charge on any atom is 0.312 e. The van der Waals surface area contributed by atoms with Gasteiger partial charge in [-0.2, -0.15) is 4.31 Å². The molecule has 0 bridgehead atoms. The molecule has 1 fully saturated rings. The average molecular weight is 315 g/mol. The highest BCUT2D eigenvalue weighted by molar-refractivity contribution is 7.89. The van der Waals surface area contributed by atoms with Crippen molar-refractivity contribution in [1.29, 1.82) is 0 Å². The number of nitrogen functional groups attached to an aromatic ring is 1. The van der Waals surface area contributed by atoms with E-state index < -0.39 is 20.6 Å². The number of para-hydroxylation sites is 1. The van der Waals surface area contributed by atoms with Crippen LogP contribution in [-0.4, -0.2) is 42.4 Å². The summed E-state index contributed by atoms with van der Waals surface area (Å²) in [7, 11) is -3.96. The summed E-state index contributed by atoms with van der Waals surface area (Å²) in [4.78, 5) is 9.93. The van der Waals surface area contributed by atoms with Crippen LogP contribution in [-0.2, 0) is 10.0 Å². The van der Waals surface area contributed by atoms with Gasteiger partial charge in [-0.1, -0.05) is 6.07 Å². The van der Waals surface area contributed by atoms with Gasteiger partial charge >= 0.3 is 5.69 Å². The van der Waals surface area contributed by atoms with Gasteiger partial charge in [-0.05, 0) is 30.9 Å². The van der Waals surface area contributed by atoms with Crippen molar-refractivity contribution in [2.75, 3.05) is 25.4 Å². The van der Waals surface area contributed by atoms with Crippen LogP contribution in [0.5, 0.6) is 0 Å². The van der Waals surface area contributed by atoms with E-state index in [0.29, 0.717) is 12.8 Å². The van der Waals surface area contributed by atoms with Crippen molar-refractivity contribution in [3.63, 3.8) is 0 Å². The number of anilines is 1. The van der Waals surface area contributed by atoms with Crippen molar-refractivity contribution >= 4 is 21.4 Å². The number of hydrogen-bond donors (Lipinski definition) is 2. The Labute approximate surface area is 122 Å². The quantitative estimate of drug-likeness (QED) is 0.475. The minimum Gasteiger partial charge on any atom is -0.396 e. The molecule has 3 N–H and O–H groups in total. The summed E-state index contributed by atoms with van der Waals surface area (Å²) in [6.07, 6.45) is 1.07. The van der Waals surface area contributed by atoms with E-state index in [-0.39, 0.29) is 36.2 Å². The molecule has 1 aliphatic heterocycles. The number of hydrogen-bond acceptors (Lipinski definition) is 6. The van der Waals surface area contributed by atoms with Gasteiger partial charge in [-0.25, -0.2) is 8.42 Å². The van der Waals surface area contributed by atoms with E-state index in [9.17, 15) is 18.5 Å². The van der Waals surface area contributed by atoms with Gasteiger partial charge in [0.25, 0.3) is 0 Å². The molecule has 0 spiro atoms. The Balaban J connectivity index is 2.37. The topological polar surface area (TPSA) is 127 Å². The number of nitrogens with zero attached hydrogens (tertiary/aromatic N) is 2. The Kier molecular flexibility index (Phi) is 4.45. The van der Waals surface area contributed by atoms with Gasteiger partial charge in [0.15, 0.2) is 4.90 Å². The molecule has 0 aliphatic carbocycles. The first kappa shape index (κ1) is 15.7. The average Bonchev–Trinajstić information content (AvgIpc) is 2.46. The van der Waals surface area contributed by atoms with E-state index in [1.54, 1.807) is 0 Å². The van der Waals surface area contributed by atoms with Crippen molar-refractivity contribution < 1.29 is 18.4 Å². The zero-order chi connectivity index (χ0) is 15.6. The van der Waals surface area contributed by atoms with Crippen molar-refractivity contribution in [3.8, 4) is 0 Å². The van der Waals surface area contributed by atoms with Crippen LogP contribution in [0.1, 0.15) is 12.8 Å². The summed E-state index contributed by atoms with van der Waals surface area (Å²) in [6, 6.07) is 3.88. The lowest BCUT2D eigenvalue weighted by Gasteiger charge is -2.30. The molecule has 0 radical (unpaired) electrons. The third-order valence-corrected chi connectivity index (χ3v) is 5.59. The summed E-state index contributed by atoms with van der Waals surface area (Å²) >= 11 is 0. The molecule has 8 nitrogen and oxygen atoms in total. The lowest BCUT2D eigenvalue weighted by molar-refractivity contribution is -0.386. The molecule has 1 saturated heterocycles. The second-order valence-electron chi connectivity index (χ2n) is 4.98. The van der Waals surface area contributed by atoms with Gasteiger partial charge in [0.2, 0.25) is 10.0 Å². The fourth-order valence-corrected chi connectivity index (χ4v) is 4.07. The molecule has 116 valence electrons. The van der Waals surface area contributed by atoms with Crippen molar-refractivity contribution in [2.45, 2.75) is 17.7 Å². The van der Waals surface area contributed by atoms with E-state index in [2.05, 4.69) is 0 Å². The summed E-state index contributed by atoms with van der Waals surface area (Å²) in [6.45, 7) is 0.491. The van der Waals surface area contributed by atoms with Gasteiger partial charge < -0.3 is 10.8 Å². The van der Waals surface area contributed by atoms with E-state index >= 15 is 0 Å². The van der Waals surface area contributed by atoms with Crippen LogP contribution >= 0.6 is 0 Å². The lowest BCUT2D eigenvalue weighted by Crippen LogP contribution is -2.39. The molecule has 0 unspecified atom stereocenters. The SMILES string of the molecule is Nc1cccc(S(=O)(=O)N2CCC(CO)CC2)c1[N+](=O)[O-]. The summed E-state index contributed by atoms with van der Waals surface area (Å²) < 4.78 is 26.3. The van der Waals surface area contributed by atoms with E-state index in [4.69, 9.17) is 10.8 Å². The van der Waals surface area contributed by atoms with Gasteiger partial charge in [0.05, 0.1) is 4.92 Å². The molecular weight excluding hydrogens is 298 g/mol. The predicted molar refractivity (Wildman–Crippen MR) is 76.1 cm³/mol. The van der Waals surface area contributed by atoms with E-state index in [1.807, 2.05) is 0 Å². The smallest absolute Gasteiger partial charge is 0.312 e. The minimum atomic E-state index is -3.96. The first-order chi connectivity index (χ1) is 9.87. The number of nitro groups is 1. The molecule has 0 amide bonds. The van der Waals surface area contributed by atoms with Gasteiger partial charge in [-0.3, -0.25) is 10.1 Å². The van der Waals surface area contributed by atoms with Crippen molar-refractivity contribution in [1.82, 2.24) is 4.31 Å². The molecular formula is C12H17N3O5S. The first-order valence-electron chi connectivity index (χ1n) is 6.51. The van der Waals surface area contributed by atoms with Crippen molar-refractivity contribution in [2.24, 2.45) is 5.92 Å². The van der Waals surface area contributed by atoms with Gasteiger partial charge in [-0.15, -0.1) is 0 Å². The summed E-state index contributed by atoms with van der Waals surface area (Å²) in [5.74, 6) is 0.0762. The highest BCUT2D eigenvalue weighted by Crippen LogP contribution is 2.33. The standard InChI is InChI=1S/C12H17N3O5S/c13-10-2-1-3-11(12(10)15(17)18)21(19,20)14-6-4-9(8-16)5-7-14/h1-3,9,16H,4-8,13H2. The monoisotopic (exact) mass is 315 g/mol. The zero-order valence-corrected chi connectivity index (χ0v) is 12.1. The normalized spacial score (nSPS) is 17.8. The first-order valence-corrected chi connectivity index (χ1v) is 7.95. The number of aliphatic hydroxyl groups is 1. The molecule has 0 aromatic heterocycles. The number of nitro benzene ring substituents is 1. The molecule has 9 heteroatoms. The van der Waals surface area contributed by atoms with Gasteiger partial charge in [0.1, 0.15) is 5.69 Å². The number of nitrogens with two attached hydrogens (primary N) is 1. The molecule has 21 heavy (non-hydrogen) atoms. The molecule has 1 aromatic carbocycles. The number of piperidine rings is 1. The fourth-order valence-electron chi connectivity index (χ4n) is 2.41. The van der Waals surface area contributed by atoms with Crippen LogP contribution in [0.3, 0.4) is 0 Å². The fraction of sp³-hybridized carbons (Fsp3) is 0.500. The Morgan fingerprint density at radius 3 is 2.52 bits per heavy atom. The zero-order valence-electron chi connectivity index (χ0n) is 11.3. The number of aliphatic hydroxyl groups excluding tert-OH is 1. The number of sulfonamides is 1. The second kappa shape index (κ2) is 5.96. The third-order valence-electron chi connectivity index (χ3n) is 3.66. The van der Waals surface area contributed by atoms with Crippen LogP contribution in [0.25, 0.3) is 0 Å². The Hall–Kier alpha value is -1.71. The van der Waals surface area contributed by atoms with E-state index in [0.717, 1.165) is 0 Å². The molecule has 1 aromatic rings. The molecule has 1 heterocycles. The van der Waals surface area contributed by atoms with Crippen molar-refractivity contribution in [3.05, 3.63) is 28.3 Å². The second-order valence-corrected chi connectivity index (χ2v) is 6.89. The molecule has 0 atom stereocenters. The van der Waals surface area contributed by atoms with Crippen LogP contribution in [0.4, 0.5) is 11.4 Å². The maximum atomic E-state index is 12.6. The number of benzene rings is 1. The molecule has 0 saturated carbocycles. The molecule has 2 rings (SSSR count). The Bertz CT molecular complexity index is 638. The lowest BCUT2D eigenvalue weighted by atomic mass is 10.00. The summed E-state index contributed by atoms with van der Waals surface area (Å²) in [5.41, 5.74) is 4.78. The van der Waals surface area contributed by atoms with Gasteiger partial charge in [0, 0.05) is 19.7 Å². The minimum absolute atomic E-state index is 0.0202. The Morgan fingerprint density at radius 1 is 1.38 bits per heavy atom. The Morgan fingerprint density at radius 2 is 2.00 bits per heavy atom. The van der Waals surface area contributed by atoms with Crippen LogP contribution in [0.2, 0.25) is 0 Å². The largest absolute Gasteiger partial charge is 0.396 e. The maximum absolute atomic E-state index is 12.6. The van der Waals surface area contributed by atoms with Crippen LogP contribution in [0.15, 0.2) is 23.1 Å². The van der Waals surface area contributed by atoms with E-state index in [1.165, 1.54) is 22.5 Å². The predicted octanol–water partition coefficient (Wildman–Crippen LogP) is 0.570. The third kappa shape index (κ3) is 2.99. The molecule has 1 aliphatic rings. The highest BCUT2D eigenvalue weighted by Gasteiger charge is 2.35. The van der Waals surface area contributed by atoms with Crippen LogP contribution < -0.4 is 5.73 Å².